The van der Waals surface area contributed by atoms with Gasteiger partial charge >= 0.3 is 0 Å². The average Bonchev–Trinajstić information content (AvgIpc) is 2.46. The highest BCUT2D eigenvalue weighted by Crippen LogP contribution is 1.74. The molecule has 0 saturated heterocycles. The van der Waals surface area contributed by atoms with Gasteiger partial charge in [-0.3, -0.25) is 4.99 Å². The van der Waals surface area contributed by atoms with Crippen molar-refractivity contribution >= 4 is 5.96 Å². The number of aliphatic imine (C=N–C) groups is 1. The maximum Gasteiger partial charge on any atom is 0.188 e. The summed E-state index contributed by atoms with van der Waals surface area (Å²) in [5.41, 5.74) is 5.17. The zero-order chi connectivity index (χ0) is 9.11. The third kappa shape index (κ3) is 12.5. The zero-order valence-corrected chi connectivity index (χ0v) is 8.15. The van der Waals surface area contributed by atoms with E-state index >= 15 is 0 Å². The SMILES string of the molecule is CC.CCC.NC1=NCCN1. The summed E-state index contributed by atoms with van der Waals surface area (Å²) in [4.78, 5) is 3.82. The maximum atomic E-state index is 5.17. The molecule has 3 heteroatoms. The molecule has 0 aromatic rings. The lowest BCUT2D eigenvalue weighted by Gasteiger charge is -1.85. The molecule has 0 fully saturated rings. The minimum absolute atomic E-state index is 0.579. The minimum atomic E-state index is 0.579. The van der Waals surface area contributed by atoms with Crippen LogP contribution in [0.5, 0.6) is 0 Å². The second-order valence-corrected chi connectivity index (χ2v) is 1.90. The molecule has 1 heterocycles. The molecule has 0 bridgehead atoms. The summed E-state index contributed by atoms with van der Waals surface area (Å²) in [5.74, 6) is 0.579. The molecular formula is C8H21N3. The van der Waals surface area contributed by atoms with Gasteiger partial charge in [-0.2, -0.15) is 0 Å². The Morgan fingerprint density at radius 2 is 1.91 bits per heavy atom. The average molecular weight is 159 g/mol. The van der Waals surface area contributed by atoms with Crippen LogP contribution in [0.1, 0.15) is 34.1 Å². The standard InChI is InChI=1S/C3H7N3.C3H8.C2H6/c4-3-5-1-2-6-3;1-3-2;1-2/h1-2H2,(H3,4,5,6);3H2,1-2H3;1-2H3. The summed E-state index contributed by atoms with van der Waals surface area (Å²) < 4.78 is 0. The Balaban J connectivity index is 0. The van der Waals surface area contributed by atoms with E-state index in [1.807, 2.05) is 13.8 Å². The lowest BCUT2D eigenvalue weighted by molar-refractivity contribution is 0.957. The van der Waals surface area contributed by atoms with E-state index < -0.39 is 0 Å². The molecule has 3 N–H and O–H groups in total. The molecular weight excluding hydrogens is 138 g/mol. The summed E-state index contributed by atoms with van der Waals surface area (Å²) >= 11 is 0. The van der Waals surface area contributed by atoms with Gasteiger partial charge in [0.1, 0.15) is 0 Å². The number of nitrogens with one attached hydrogen (secondary N) is 1. The monoisotopic (exact) mass is 159 g/mol. The fourth-order valence-electron chi connectivity index (χ4n) is 0.416. The molecule has 0 saturated carbocycles. The highest BCUT2D eigenvalue weighted by molar-refractivity contribution is 5.79. The topological polar surface area (TPSA) is 50.4 Å². The molecule has 0 atom stereocenters. The van der Waals surface area contributed by atoms with Crippen molar-refractivity contribution < 1.29 is 0 Å². The Morgan fingerprint density at radius 1 is 1.45 bits per heavy atom. The van der Waals surface area contributed by atoms with Crippen LogP contribution in [0.2, 0.25) is 0 Å². The molecule has 0 amide bonds. The van der Waals surface area contributed by atoms with E-state index in [1.54, 1.807) is 0 Å². The van der Waals surface area contributed by atoms with Gasteiger partial charge in [0.2, 0.25) is 0 Å². The van der Waals surface area contributed by atoms with Crippen LogP contribution in [-0.4, -0.2) is 19.0 Å². The molecule has 1 aliphatic rings. The molecule has 0 aliphatic carbocycles. The van der Waals surface area contributed by atoms with E-state index in [4.69, 9.17) is 5.73 Å². The van der Waals surface area contributed by atoms with Crippen LogP contribution < -0.4 is 11.1 Å². The van der Waals surface area contributed by atoms with E-state index in [-0.39, 0.29) is 0 Å². The van der Waals surface area contributed by atoms with Gasteiger partial charge in [-0.05, 0) is 0 Å². The highest BCUT2D eigenvalue weighted by Gasteiger charge is 1.94. The molecule has 0 radical (unpaired) electrons. The summed E-state index contributed by atoms with van der Waals surface area (Å²) in [7, 11) is 0. The summed E-state index contributed by atoms with van der Waals surface area (Å²) in [5, 5.41) is 2.85. The van der Waals surface area contributed by atoms with Gasteiger partial charge in [-0.15, -0.1) is 0 Å². The molecule has 0 unspecified atom stereocenters. The van der Waals surface area contributed by atoms with Gasteiger partial charge in [0.25, 0.3) is 0 Å². The number of rotatable bonds is 0. The normalized spacial score (nSPS) is 12.9. The van der Waals surface area contributed by atoms with Gasteiger partial charge in [0.05, 0.1) is 6.54 Å². The van der Waals surface area contributed by atoms with Gasteiger partial charge < -0.3 is 11.1 Å². The Morgan fingerprint density at radius 3 is 2.00 bits per heavy atom. The van der Waals surface area contributed by atoms with E-state index in [1.165, 1.54) is 6.42 Å². The number of guanidine groups is 1. The molecule has 1 rings (SSSR count). The van der Waals surface area contributed by atoms with Crippen molar-refractivity contribution in [2.45, 2.75) is 34.1 Å². The summed E-state index contributed by atoms with van der Waals surface area (Å²) in [6.07, 6.45) is 1.25. The largest absolute Gasteiger partial charge is 0.370 e. The molecule has 11 heavy (non-hydrogen) atoms. The lowest BCUT2D eigenvalue weighted by atomic mass is 10.6. The number of nitrogens with two attached hydrogens (primary N) is 1. The highest BCUT2D eigenvalue weighted by atomic mass is 15.1. The summed E-state index contributed by atoms with van der Waals surface area (Å²) in [6.45, 7) is 10.00. The number of hydrogen-bond donors (Lipinski definition) is 2. The van der Waals surface area contributed by atoms with Crippen LogP contribution in [0, 0.1) is 0 Å². The van der Waals surface area contributed by atoms with Gasteiger partial charge in [-0.25, -0.2) is 0 Å². The predicted molar refractivity (Wildman–Crippen MR) is 51.8 cm³/mol. The predicted octanol–water partition coefficient (Wildman–Crippen LogP) is 1.35. The van der Waals surface area contributed by atoms with Crippen molar-refractivity contribution in [3.63, 3.8) is 0 Å². The quantitative estimate of drug-likeness (QED) is 0.560. The van der Waals surface area contributed by atoms with Crippen LogP contribution in [0.15, 0.2) is 4.99 Å². The Bertz CT molecular complexity index is 89.3. The number of hydrogen-bond acceptors (Lipinski definition) is 3. The van der Waals surface area contributed by atoms with Gasteiger partial charge in [0, 0.05) is 6.54 Å². The molecule has 0 spiro atoms. The molecule has 68 valence electrons. The van der Waals surface area contributed by atoms with E-state index in [0.717, 1.165) is 13.1 Å². The van der Waals surface area contributed by atoms with Crippen molar-refractivity contribution in [2.24, 2.45) is 10.7 Å². The first-order valence-corrected chi connectivity index (χ1v) is 4.35. The summed E-state index contributed by atoms with van der Waals surface area (Å²) in [6, 6.07) is 0. The molecule has 1 aliphatic heterocycles. The van der Waals surface area contributed by atoms with E-state index in [9.17, 15) is 0 Å². The van der Waals surface area contributed by atoms with Crippen molar-refractivity contribution in [1.82, 2.24) is 5.32 Å². The smallest absolute Gasteiger partial charge is 0.188 e. The fourth-order valence-corrected chi connectivity index (χ4v) is 0.416. The fraction of sp³-hybridized carbons (Fsp3) is 0.875. The van der Waals surface area contributed by atoms with Gasteiger partial charge in [0.15, 0.2) is 5.96 Å². The van der Waals surface area contributed by atoms with E-state index in [0.29, 0.717) is 5.96 Å². The lowest BCUT2D eigenvalue weighted by Crippen LogP contribution is -2.26. The van der Waals surface area contributed by atoms with Crippen molar-refractivity contribution in [1.29, 1.82) is 0 Å². The third-order valence-electron chi connectivity index (χ3n) is 0.700. The second-order valence-electron chi connectivity index (χ2n) is 1.90. The van der Waals surface area contributed by atoms with Crippen LogP contribution in [0.4, 0.5) is 0 Å². The third-order valence-corrected chi connectivity index (χ3v) is 0.700. The van der Waals surface area contributed by atoms with Crippen LogP contribution in [0.25, 0.3) is 0 Å². The van der Waals surface area contributed by atoms with E-state index in [2.05, 4.69) is 24.2 Å². The zero-order valence-electron chi connectivity index (χ0n) is 8.15. The van der Waals surface area contributed by atoms with Crippen LogP contribution in [-0.2, 0) is 0 Å². The molecule has 0 aromatic heterocycles. The first-order valence-electron chi connectivity index (χ1n) is 4.35. The first-order chi connectivity index (χ1) is 5.31. The van der Waals surface area contributed by atoms with Crippen molar-refractivity contribution in [2.75, 3.05) is 13.1 Å². The first kappa shape index (κ1) is 12.9. The molecule has 0 aromatic carbocycles. The minimum Gasteiger partial charge on any atom is -0.370 e. The Labute approximate surface area is 70.1 Å². The van der Waals surface area contributed by atoms with Crippen LogP contribution >= 0.6 is 0 Å². The number of nitrogens with zero attached hydrogens (tertiary/aromatic N) is 1. The Kier molecular flexibility index (Phi) is 14.1. The second kappa shape index (κ2) is 12.0. The maximum absolute atomic E-state index is 5.17. The Hall–Kier alpha value is -0.730. The molecule has 3 nitrogen and oxygen atoms in total. The van der Waals surface area contributed by atoms with Gasteiger partial charge in [-0.1, -0.05) is 34.1 Å². The van der Waals surface area contributed by atoms with Crippen molar-refractivity contribution in [3.8, 4) is 0 Å². The van der Waals surface area contributed by atoms with Crippen LogP contribution in [0.3, 0.4) is 0 Å². The van der Waals surface area contributed by atoms with Crippen molar-refractivity contribution in [3.05, 3.63) is 0 Å².